The van der Waals surface area contributed by atoms with Crippen LogP contribution in [0.3, 0.4) is 0 Å². The predicted octanol–water partition coefficient (Wildman–Crippen LogP) is 2.84. The van der Waals surface area contributed by atoms with Gasteiger partial charge in [0.15, 0.2) is 5.12 Å². The van der Waals surface area contributed by atoms with Gasteiger partial charge in [-0.3, -0.25) is 4.79 Å². The van der Waals surface area contributed by atoms with Crippen molar-refractivity contribution in [2.45, 2.75) is 44.8 Å². The summed E-state index contributed by atoms with van der Waals surface area (Å²) in [6.45, 7) is 3.96. The zero-order chi connectivity index (χ0) is 8.27. The summed E-state index contributed by atoms with van der Waals surface area (Å²) in [4.78, 5) is 10.8. The molecule has 0 saturated heterocycles. The van der Waals surface area contributed by atoms with Crippen molar-refractivity contribution in [2.75, 3.05) is 0 Å². The molecule has 0 aromatic carbocycles. The first-order chi connectivity index (χ1) is 5.18. The Kier molecular flexibility index (Phi) is 3.44. The molecule has 0 aromatic heterocycles. The summed E-state index contributed by atoms with van der Waals surface area (Å²) in [6.07, 6.45) is 5.15. The first-order valence-corrected chi connectivity index (χ1v) is 5.23. The smallest absolute Gasteiger partial charge is 0.186 e. The molecule has 0 heterocycles. The number of thioether (sulfide) groups is 1. The lowest BCUT2D eigenvalue weighted by Gasteiger charge is -2.24. The van der Waals surface area contributed by atoms with Crippen LogP contribution in [-0.2, 0) is 4.79 Å². The summed E-state index contributed by atoms with van der Waals surface area (Å²) < 4.78 is 0. The summed E-state index contributed by atoms with van der Waals surface area (Å²) in [5, 5.41) is 0.903. The summed E-state index contributed by atoms with van der Waals surface area (Å²) in [6, 6.07) is 0. The molecule has 1 aliphatic carbocycles. The SMILES string of the molecule is CC(=O)SC1CCCC(C)C1. The molecule has 2 atom stereocenters. The Labute approximate surface area is 72.9 Å². The van der Waals surface area contributed by atoms with Crippen molar-refractivity contribution in [1.29, 1.82) is 0 Å². The summed E-state index contributed by atoms with van der Waals surface area (Å²) in [5.41, 5.74) is 0. The van der Waals surface area contributed by atoms with Crippen LogP contribution < -0.4 is 0 Å². The molecular formula is C9H16OS. The Bertz CT molecular complexity index is 144. The fraction of sp³-hybridized carbons (Fsp3) is 0.889. The minimum atomic E-state index is 0.282. The van der Waals surface area contributed by atoms with E-state index in [1.165, 1.54) is 25.7 Å². The third kappa shape index (κ3) is 3.28. The fourth-order valence-electron chi connectivity index (χ4n) is 1.72. The standard InChI is InChI=1S/C9H16OS/c1-7-4-3-5-9(6-7)11-8(2)10/h7,9H,3-6H2,1-2H3. The van der Waals surface area contributed by atoms with E-state index >= 15 is 0 Å². The maximum absolute atomic E-state index is 10.8. The zero-order valence-electron chi connectivity index (χ0n) is 7.30. The minimum absolute atomic E-state index is 0.282. The molecule has 0 N–H and O–H groups in total. The van der Waals surface area contributed by atoms with Gasteiger partial charge in [-0.15, -0.1) is 0 Å². The molecular weight excluding hydrogens is 156 g/mol. The van der Waals surface area contributed by atoms with Crippen molar-refractivity contribution in [2.24, 2.45) is 5.92 Å². The van der Waals surface area contributed by atoms with Gasteiger partial charge in [-0.1, -0.05) is 31.5 Å². The Morgan fingerprint density at radius 3 is 2.73 bits per heavy atom. The lowest BCUT2D eigenvalue weighted by molar-refractivity contribution is -0.109. The Balaban J connectivity index is 2.28. The number of rotatable bonds is 1. The monoisotopic (exact) mass is 172 g/mol. The summed E-state index contributed by atoms with van der Waals surface area (Å²) in [5.74, 6) is 0.834. The molecule has 0 spiro atoms. The van der Waals surface area contributed by atoms with E-state index in [0.717, 1.165) is 5.92 Å². The number of carbonyl (C=O) groups excluding carboxylic acids is 1. The molecule has 11 heavy (non-hydrogen) atoms. The van der Waals surface area contributed by atoms with Crippen LogP contribution in [0, 0.1) is 5.92 Å². The maximum Gasteiger partial charge on any atom is 0.186 e. The number of hydrogen-bond acceptors (Lipinski definition) is 2. The van der Waals surface area contributed by atoms with Crippen LogP contribution in [0.1, 0.15) is 39.5 Å². The molecule has 1 nitrogen and oxygen atoms in total. The average molecular weight is 172 g/mol. The highest BCUT2D eigenvalue weighted by molar-refractivity contribution is 8.14. The van der Waals surface area contributed by atoms with Gasteiger partial charge < -0.3 is 0 Å². The molecule has 0 amide bonds. The third-order valence-electron chi connectivity index (χ3n) is 2.22. The van der Waals surface area contributed by atoms with Gasteiger partial charge in [0.25, 0.3) is 0 Å². The predicted molar refractivity (Wildman–Crippen MR) is 49.7 cm³/mol. The summed E-state index contributed by atoms with van der Waals surface area (Å²) >= 11 is 1.54. The van der Waals surface area contributed by atoms with E-state index < -0.39 is 0 Å². The van der Waals surface area contributed by atoms with Gasteiger partial charge >= 0.3 is 0 Å². The quantitative estimate of drug-likeness (QED) is 0.605. The van der Waals surface area contributed by atoms with Gasteiger partial charge in [0.1, 0.15) is 0 Å². The van der Waals surface area contributed by atoms with E-state index in [1.807, 2.05) is 0 Å². The molecule has 0 bridgehead atoms. The van der Waals surface area contributed by atoms with Crippen LogP contribution in [0.25, 0.3) is 0 Å². The lowest BCUT2D eigenvalue weighted by Crippen LogP contribution is -2.16. The Morgan fingerprint density at radius 2 is 2.18 bits per heavy atom. The highest BCUT2D eigenvalue weighted by Gasteiger charge is 2.20. The average Bonchev–Trinajstić information content (AvgIpc) is 1.85. The van der Waals surface area contributed by atoms with Crippen molar-refractivity contribution >= 4 is 16.9 Å². The van der Waals surface area contributed by atoms with E-state index in [-0.39, 0.29) is 5.12 Å². The molecule has 1 saturated carbocycles. The topological polar surface area (TPSA) is 17.1 Å². The van der Waals surface area contributed by atoms with Crippen molar-refractivity contribution in [3.8, 4) is 0 Å². The van der Waals surface area contributed by atoms with Crippen molar-refractivity contribution < 1.29 is 4.79 Å². The molecule has 64 valence electrons. The molecule has 1 rings (SSSR count). The molecule has 0 aliphatic heterocycles. The van der Waals surface area contributed by atoms with Crippen molar-refractivity contribution in [3.63, 3.8) is 0 Å². The molecule has 0 radical (unpaired) electrons. The minimum Gasteiger partial charge on any atom is -0.288 e. The van der Waals surface area contributed by atoms with Crippen LogP contribution in [0.5, 0.6) is 0 Å². The molecule has 0 aromatic rings. The van der Waals surface area contributed by atoms with Crippen LogP contribution in [0.2, 0.25) is 0 Å². The van der Waals surface area contributed by atoms with E-state index in [1.54, 1.807) is 18.7 Å². The van der Waals surface area contributed by atoms with E-state index in [2.05, 4.69) is 6.92 Å². The van der Waals surface area contributed by atoms with Crippen molar-refractivity contribution in [1.82, 2.24) is 0 Å². The number of hydrogen-bond donors (Lipinski definition) is 0. The fourth-order valence-corrected chi connectivity index (χ4v) is 2.90. The van der Waals surface area contributed by atoms with E-state index in [4.69, 9.17) is 0 Å². The lowest BCUT2D eigenvalue weighted by atomic mass is 9.91. The first kappa shape index (κ1) is 9.11. The van der Waals surface area contributed by atoms with Gasteiger partial charge in [0.2, 0.25) is 0 Å². The van der Waals surface area contributed by atoms with Crippen LogP contribution in [-0.4, -0.2) is 10.4 Å². The summed E-state index contributed by atoms with van der Waals surface area (Å²) in [7, 11) is 0. The highest BCUT2D eigenvalue weighted by atomic mass is 32.2. The molecule has 1 aliphatic rings. The van der Waals surface area contributed by atoms with Crippen LogP contribution >= 0.6 is 11.8 Å². The molecule has 2 heteroatoms. The molecule has 2 unspecified atom stereocenters. The first-order valence-electron chi connectivity index (χ1n) is 4.35. The van der Waals surface area contributed by atoms with E-state index in [0.29, 0.717) is 5.25 Å². The van der Waals surface area contributed by atoms with Crippen LogP contribution in [0.15, 0.2) is 0 Å². The van der Waals surface area contributed by atoms with Gasteiger partial charge in [0, 0.05) is 12.2 Å². The van der Waals surface area contributed by atoms with Gasteiger partial charge in [-0.05, 0) is 18.8 Å². The second-order valence-electron chi connectivity index (χ2n) is 3.50. The van der Waals surface area contributed by atoms with Gasteiger partial charge in [0.05, 0.1) is 0 Å². The Morgan fingerprint density at radius 1 is 1.45 bits per heavy atom. The number of carbonyl (C=O) groups is 1. The third-order valence-corrected chi connectivity index (χ3v) is 3.31. The Hall–Kier alpha value is 0.0200. The van der Waals surface area contributed by atoms with Crippen LogP contribution in [0.4, 0.5) is 0 Å². The maximum atomic E-state index is 10.8. The van der Waals surface area contributed by atoms with Crippen molar-refractivity contribution in [3.05, 3.63) is 0 Å². The van der Waals surface area contributed by atoms with Gasteiger partial charge in [-0.2, -0.15) is 0 Å². The largest absolute Gasteiger partial charge is 0.288 e. The zero-order valence-corrected chi connectivity index (χ0v) is 8.12. The molecule has 1 fully saturated rings. The normalized spacial score (nSPS) is 31.8. The second kappa shape index (κ2) is 4.15. The van der Waals surface area contributed by atoms with Gasteiger partial charge in [-0.25, -0.2) is 0 Å². The van der Waals surface area contributed by atoms with E-state index in [9.17, 15) is 4.79 Å². The second-order valence-corrected chi connectivity index (χ2v) is 4.98. The highest BCUT2D eigenvalue weighted by Crippen LogP contribution is 2.31.